The van der Waals surface area contributed by atoms with Crippen LogP contribution in [0.15, 0.2) is 0 Å². The highest BCUT2D eigenvalue weighted by molar-refractivity contribution is 7.90. The number of rotatable bonds is 10. The summed E-state index contributed by atoms with van der Waals surface area (Å²) in [4.78, 5) is 23.6. The summed E-state index contributed by atoms with van der Waals surface area (Å²) in [7, 11) is -1.54. The predicted molar refractivity (Wildman–Crippen MR) is 81.0 cm³/mol. The summed E-state index contributed by atoms with van der Waals surface area (Å²) in [5.41, 5.74) is 0. The van der Waals surface area contributed by atoms with E-state index in [1.807, 2.05) is 6.92 Å². The van der Waals surface area contributed by atoms with Crippen molar-refractivity contribution in [3.63, 3.8) is 0 Å². The lowest BCUT2D eigenvalue weighted by atomic mass is 9.97. The third-order valence-electron chi connectivity index (χ3n) is 3.32. The minimum Gasteiger partial charge on any atom is -0.481 e. The van der Waals surface area contributed by atoms with E-state index in [0.717, 1.165) is 19.1 Å². The van der Waals surface area contributed by atoms with Gasteiger partial charge in [-0.2, -0.15) is 0 Å². The number of hydrogen-bond acceptors (Lipinski definition) is 4. The molecular weight excluding hydrogens is 296 g/mol. The summed E-state index contributed by atoms with van der Waals surface area (Å²) in [6.07, 6.45) is 3.46. The number of nitrogens with zero attached hydrogens (tertiary/aromatic N) is 1. The number of amides is 2. The number of carbonyl (C=O) groups is 2. The van der Waals surface area contributed by atoms with Gasteiger partial charge in [0.05, 0.1) is 5.75 Å². The van der Waals surface area contributed by atoms with Gasteiger partial charge in [0.15, 0.2) is 0 Å². The molecule has 2 amide bonds. The fraction of sp³-hybridized carbons (Fsp3) is 0.846. The van der Waals surface area contributed by atoms with Crippen molar-refractivity contribution in [1.82, 2.24) is 10.2 Å². The lowest BCUT2D eigenvalue weighted by Gasteiger charge is -2.19. The number of hydrogen-bond donors (Lipinski definition) is 2. The Labute approximate surface area is 126 Å². The van der Waals surface area contributed by atoms with E-state index in [1.54, 1.807) is 7.05 Å². The summed E-state index contributed by atoms with van der Waals surface area (Å²) >= 11 is 0. The van der Waals surface area contributed by atoms with Gasteiger partial charge in [0, 0.05) is 32.8 Å². The summed E-state index contributed by atoms with van der Waals surface area (Å²) in [6, 6.07) is -0.313. The molecule has 0 rings (SSSR count). The molecule has 21 heavy (non-hydrogen) atoms. The van der Waals surface area contributed by atoms with Crippen LogP contribution in [-0.2, 0) is 14.6 Å². The SMILES string of the molecule is CCC(CCNC(=O)N(C)CCS(C)(=O)=O)CCC(=O)O. The van der Waals surface area contributed by atoms with Crippen LogP contribution in [0.5, 0.6) is 0 Å². The van der Waals surface area contributed by atoms with Gasteiger partial charge in [0.1, 0.15) is 9.84 Å². The number of aliphatic carboxylic acids is 1. The van der Waals surface area contributed by atoms with E-state index in [0.29, 0.717) is 13.0 Å². The van der Waals surface area contributed by atoms with Gasteiger partial charge in [-0.25, -0.2) is 13.2 Å². The predicted octanol–water partition coefficient (Wildman–Crippen LogP) is 0.954. The van der Waals surface area contributed by atoms with E-state index in [2.05, 4.69) is 5.32 Å². The number of carboxylic acids is 1. The van der Waals surface area contributed by atoms with Crippen molar-refractivity contribution in [2.45, 2.75) is 32.6 Å². The fourth-order valence-corrected chi connectivity index (χ4v) is 2.41. The molecule has 0 saturated heterocycles. The molecule has 1 atom stereocenters. The third-order valence-corrected chi connectivity index (χ3v) is 4.24. The standard InChI is InChI=1S/C13H26N2O5S/c1-4-11(5-6-12(16)17)7-8-14-13(18)15(2)9-10-21(3,19)20/h11H,4-10H2,1-3H3,(H,14,18)(H,16,17). The molecule has 0 spiro atoms. The largest absolute Gasteiger partial charge is 0.481 e. The normalized spacial score (nSPS) is 12.7. The highest BCUT2D eigenvalue weighted by Gasteiger charge is 2.13. The van der Waals surface area contributed by atoms with Crippen LogP contribution in [0.1, 0.15) is 32.6 Å². The molecule has 0 aliphatic heterocycles. The molecule has 8 heteroatoms. The maximum Gasteiger partial charge on any atom is 0.317 e. The maximum atomic E-state index is 11.7. The van der Waals surface area contributed by atoms with Gasteiger partial charge in [-0.05, 0) is 18.8 Å². The monoisotopic (exact) mass is 322 g/mol. The van der Waals surface area contributed by atoms with Gasteiger partial charge in [-0.1, -0.05) is 13.3 Å². The zero-order chi connectivity index (χ0) is 16.5. The molecule has 0 saturated carbocycles. The Hall–Kier alpha value is -1.31. The van der Waals surface area contributed by atoms with Gasteiger partial charge in [-0.15, -0.1) is 0 Å². The van der Waals surface area contributed by atoms with Crippen molar-refractivity contribution >= 4 is 21.8 Å². The zero-order valence-corrected chi connectivity index (χ0v) is 13.8. The van der Waals surface area contributed by atoms with Crippen molar-refractivity contribution in [3.8, 4) is 0 Å². The van der Waals surface area contributed by atoms with Crippen LogP contribution in [0.3, 0.4) is 0 Å². The summed E-state index contributed by atoms with van der Waals surface area (Å²) < 4.78 is 22.0. The molecular formula is C13H26N2O5S. The highest BCUT2D eigenvalue weighted by atomic mass is 32.2. The zero-order valence-electron chi connectivity index (χ0n) is 13.0. The highest BCUT2D eigenvalue weighted by Crippen LogP contribution is 2.14. The van der Waals surface area contributed by atoms with Crippen LogP contribution >= 0.6 is 0 Å². The minimum absolute atomic E-state index is 0.0624. The Kier molecular flexibility index (Phi) is 9.00. The molecule has 0 heterocycles. The van der Waals surface area contributed by atoms with Gasteiger partial charge < -0.3 is 15.3 Å². The average molecular weight is 322 g/mol. The summed E-state index contributed by atoms with van der Waals surface area (Å²) in [6.45, 7) is 2.60. The first kappa shape index (κ1) is 19.7. The van der Waals surface area contributed by atoms with Crippen LogP contribution in [0.25, 0.3) is 0 Å². The smallest absolute Gasteiger partial charge is 0.317 e. The van der Waals surface area contributed by atoms with E-state index in [9.17, 15) is 18.0 Å². The number of carboxylic acid groups (broad SMARTS) is 1. The Balaban J connectivity index is 3.98. The molecule has 0 aromatic rings. The number of urea groups is 1. The van der Waals surface area contributed by atoms with E-state index < -0.39 is 15.8 Å². The van der Waals surface area contributed by atoms with Crippen molar-refractivity contribution in [3.05, 3.63) is 0 Å². The second-order valence-electron chi connectivity index (χ2n) is 5.28. The maximum absolute atomic E-state index is 11.7. The molecule has 2 N–H and O–H groups in total. The molecule has 0 radical (unpaired) electrons. The van der Waals surface area contributed by atoms with E-state index in [4.69, 9.17) is 5.11 Å². The molecule has 0 aromatic heterocycles. The van der Waals surface area contributed by atoms with Crippen molar-refractivity contribution in [2.24, 2.45) is 5.92 Å². The number of nitrogens with one attached hydrogen (secondary N) is 1. The van der Waals surface area contributed by atoms with E-state index >= 15 is 0 Å². The minimum atomic E-state index is -3.08. The Morgan fingerprint density at radius 3 is 2.38 bits per heavy atom. The molecule has 7 nitrogen and oxygen atoms in total. The van der Waals surface area contributed by atoms with Gasteiger partial charge in [-0.3, -0.25) is 4.79 Å². The first-order valence-electron chi connectivity index (χ1n) is 7.04. The first-order valence-corrected chi connectivity index (χ1v) is 9.10. The fourth-order valence-electron chi connectivity index (χ4n) is 1.80. The average Bonchev–Trinajstić information content (AvgIpc) is 2.38. The number of carbonyl (C=O) groups excluding carboxylic acids is 1. The lowest BCUT2D eigenvalue weighted by Crippen LogP contribution is -2.40. The van der Waals surface area contributed by atoms with Crippen LogP contribution in [0, 0.1) is 5.92 Å². The Morgan fingerprint density at radius 1 is 1.29 bits per heavy atom. The van der Waals surface area contributed by atoms with Crippen LogP contribution in [-0.4, -0.2) is 62.6 Å². The van der Waals surface area contributed by atoms with Crippen LogP contribution in [0.2, 0.25) is 0 Å². The van der Waals surface area contributed by atoms with Crippen molar-refractivity contribution in [2.75, 3.05) is 32.1 Å². The first-order chi connectivity index (χ1) is 9.65. The quantitative estimate of drug-likeness (QED) is 0.623. The molecule has 0 aromatic carbocycles. The third kappa shape index (κ3) is 11.1. The molecule has 0 aliphatic carbocycles. The molecule has 1 unspecified atom stereocenters. The second-order valence-corrected chi connectivity index (χ2v) is 7.54. The molecule has 0 aliphatic rings. The van der Waals surface area contributed by atoms with E-state index in [1.165, 1.54) is 4.90 Å². The van der Waals surface area contributed by atoms with Gasteiger partial charge in [0.2, 0.25) is 0 Å². The van der Waals surface area contributed by atoms with Crippen LogP contribution < -0.4 is 5.32 Å². The molecule has 0 fully saturated rings. The van der Waals surface area contributed by atoms with Crippen molar-refractivity contribution in [1.29, 1.82) is 0 Å². The number of sulfone groups is 1. The second kappa shape index (κ2) is 9.59. The van der Waals surface area contributed by atoms with Gasteiger partial charge >= 0.3 is 12.0 Å². The topological polar surface area (TPSA) is 104 Å². The summed E-state index contributed by atoms with van der Waals surface area (Å²) in [5, 5.41) is 11.4. The Morgan fingerprint density at radius 2 is 1.90 bits per heavy atom. The van der Waals surface area contributed by atoms with Crippen molar-refractivity contribution < 1.29 is 23.1 Å². The van der Waals surface area contributed by atoms with Gasteiger partial charge in [0.25, 0.3) is 0 Å². The van der Waals surface area contributed by atoms with Crippen LogP contribution in [0.4, 0.5) is 4.79 Å². The van der Waals surface area contributed by atoms with E-state index in [-0.39, 0.29) is 30.7 Å². The molecule has 124 valence electrons. The lowest BCUT2D eigenvalue weighted by molar-refractivity contribution is -0.137. The summed E-state index contributed by atoms with van der Waals surface area (Å²) in [5.74, 6) is -0.603. The Bertz CT molecular complexity index is 436. The molecule has 0 bridgehead atoms.